The first-order chi connectivity index (χ1) is 57.7. The first kappa shape index (κ1) is 99.1. The molecule has 32 nitrogen and oxygen atoms in total. The van der Waals surface area contributed by atoms with Crippen molar-refractivity contribution in [3.05, 3.63) is 254 Å². The Hall–Kier alpha value is -12.0. The summed E-state index contributed by atoms with van der Waals surface area (Å²) in [5, 5.41) is 60.4. The third kappa shape index (κ3) is 26.0. The molecule has 0 unspecified atom stereocenters. The van der Waals surface area contributed by atoms with Crippen molar-refractivity contribution in [3.63, 3.8) is 0 Å². The second-order valence-corrected chi connectivity index (χ2v) is 27.1. The van der Waals surface area contributed by atoms with Crippen molar-refractivity contribution < 1.29 is 119 Å². The Balaban J connectivity index is 0.000000194. The molecule has 0 aliphatic carbocycles. The van der Waals surface area contributed by atoms with Gasteiger partial charge in [-0.15, -0.1) is 0 Å². The van der Waals surface area contributed by atoms with E-state index in [9.17, 15) is 35.1 Å². The van der Waals surface area contributed by atoms with Crippen molar-refractivity contribution in [2.45, 2.75) is 113 Å². The summed E-state index contributed by atoms with van der Waals surface area (Å²) in [7, 11) is 5.46. The second kappa shape index (κ2) is 47.0. The van der Waals surface area contributed by atoms with Gasteiger partial charge < -0.3 is 118 Å². The molecule has 0 saturated carbocycles. The van der Waals surface area contributed by atoms with Gasteiger partial charge in [-0.1, -0.05) is 106 Å². The van der Waals surface area contributed by atoms with Crippen molar-refractivity contribution in [1.82, 2.24) is 158 Å². The van der Waals surface area contributed by atoms with E-state index in [1.54, 1.807) is 102 Å². The summed E-state index contributed by atoms with van der Waals surface area (Å²) in [5.74, 6) is 5.57. The smallest absolute Gasteiger partial charge is 0.572 e. The summed E-state index contributed by atoms with van der Waals surface area (Å²) < 4.78 is 114. The van der Waals surface area contributed by atoms with E-state index in [-0.39, 0.29) is 113 Å². The zero-order valence-corrected chi connectivity index (χ0v) is 77.4. The molecule has 0 radical (unpaired) electrons. The van der Waals surface area contributed by atoms with Crippen LogP contribution in [0, 0.1) is 27.7 Å². The van der Waals surface area contributed by atoms with Crippen molar-refractivity contribution in [3.8, 4) is 104 Å². The van der Waals surface area contributed by atoms with Crippen LogP contribution in [0.25, 0.3) is 104 Å². The summed E-state index contributed by atoms with van der Waals surface area (Å²) in [6, 6.07) is 33.3. The molecule has 0 atom stereocenters. The average molecular weight is 2420 g/mol. The summed E-state index contributed by atoms with van der Waals surface area (Å²) in [5.41, 5.74) is 9.15. The molecule has 44 heteroatoms. The van der Waals surface area contributed by atoms with Gasteiger partial charge in [0.2, 0.25) is 0 Å². The van der Waals surface area contributed by atoms with E-state index in [2.05, 4.69) is 158 Å². The average Bonchev–Trinajstić information content (AvgIpc) is 1.61. The molecule has 0 bridgehead atoms. The fourth-order valence-electron chi connectivity index (χ4n) is 11.3. The normalized spacial score (nSPS) is 10.7. The minimum absolute atomic E-state index is 0. The van der Waals surface area contributed by atoms with Gasteiger partial charge in [0.1, 0.15) is 46.6 Å². The maximum Gasteiger partial charge on any atom is 2.00 e. The van der Waals surface area contributed by atoms with E-state index >= 15 is 0 Å². The molecule has 16 heterocycles. The number of nitrogens with zero attached hydrogens (tertiary/aromatic N) is 32. The molecule has 0 aliphatic rings. The van der Waals surface area contributed by atoms with Crippen LogP contribution >= 0.6 is 0 Å². The number of imidazole rings is 8. The van der Waals surface area contributed by atoms with Crippen LogP contribution in [0.3, 0.4) is 0 Å². The van der Waals surface area contributed by atoms with Crippen molar-refractivity contribution >= 4 is 0 Å². The van der Waals surface area contributed by atoms with Crippen LogP contribution < -0.4 is 40.8 Å². The molecular formula is C80H80F8N32Pt4. The number of halogens is 8. The van der Waals surface area contributed by atoms with Crippen LogP contribution in [-0.4, -0.2) is 117 Å². The third-order valence-electron chi connectivity index (χ3n) is 17.1. The fraction of sp³-hybridized carbons (Fsp3) is 0.250. The first-order valence-electron chi connectivity index (χ1n) is 36.9. The number of para-hydroxylation sites is 2. The molecule has 656 valence electrons. The molecule has 16 aromatic heterocycles. The van der Waals surface area contributed by atoms with Gasteiger partial charge in [-0.05, 0) is 118 Å². The second-order valence-electron chi connectivity index (χ2n) is 27.1. The van der Waals surface area contributed by atoms with Gasteiger partial charge in [0.15, 0.2) is 0 Å². The molecule has 2 aromatic carbocycles. The Morgan fingerprint density at radius 2 is 0.452 bits per heavy atom. The number of hydrogen-bond acceptors (Lipinski definition) is 16. The van der Waals surface area contributed by atoms with Crippen LogP contribution in [0.2, 0.25) is 0 Å². The van der Waals surface area contributed by atoms with Crippen molar-refractivity contribution in [1.29, 1.82) is 0 Å². The van der Waals surface area contributed by atoms with E-state index in [1.165, 1.54) is 24.3 Å². The number of rotatable bonds is 17. The number of aryl methyl sites for hydroxylation is 7. The Labute approximate surface area is 763 Å². The van der Waals surface area contributed by atoms with Gasteiger partial charge in [0.05, 0.1) is 22.8 Å². The van der Waals surface area contributed by atoms with Crippen molar-refractivity contribution in [2.75, 3.05) is 0 Å². The molecule has 18 aromatic rings. The fourth-order valence-corrected chi connectivity index (χ4v) is 11.3. The predicted octanol–water partition coefficient (Wildman–Crippen LogP) is 14.5. The molecule has 0 saturated heterocycles. The van der Waals surface area contributed by atoms with Crippen LogP contribution in [0.5, 0.6) is 0 Å². The molecule has 0 N–H and O–H groups in total. The quantitative estimate of drug-likeness (QED) is 0.0764. The summed E-state index contributed by atoms with van der Waals surface area (Å²) in [4.78, 5) is 33.3. The zero-order valence-electron chi connectivity index (χ0n) is 68.3. The van der Waals surface area contributed by atoms with E-state index in [0.717, 1.165) is 80.2 Å². The Morgan fingerprint density at radius 3 is 0.677 bits per heavy atom. The molecule has 18 rings (SSSR count). The van der Waals surface area contributed by atoms with Crippen LogP contribution in [0.1, 0.15) is 131 Å². The molecule has 0 spiro atoms. The van der Waals surface area contributed by atoms with Gasteiger partial charge >= 0.3 is 84.3 Å². The molecule has 0 amide bonds. The third-order valence-corrected chi connectivity index (χ3v) is 17.1. The number of hydrogen-bond donors (Lipinski definition) is 0. The number of alkyl halides is 8. The SMILES string of the molecule is CC(C)n1ccnc1-c1cc(C(F)F)n[n-]1.Cc1cc(-c2nccn2-c2ccccc2)[n-]n1.Cc1cc(-c2nccn2C(C)C)[n-]n1.Cc1cc(-c2nccn2C(C)C)[n-]n1.Cc1cc(-c2nccn2C)[n-]n1.Cn1ccnc1-c1cc(C(F)F)n[n-]1.Cn1ccnc1-c1cc(C(F)F)n[n-]1.FC(F)c1cc(-c2nccn2-c2ccccc2)[n-]n1.[Pt+2].[Pt+2].[Pt+2].[Pt+2]. The molecule has 0 fully saturated rings. The Morgan fingerprint density at radius 1 is 0.250 bits per heavy atom. The molecule has 0 aliphatic heterocycles. The Bertz CT molecular complexity index is 5910. The van der Waals surface area contributed by atoms with E-state index < -0.39 is 25.7 Å². The van der Waals surface area contributed by atoms with Gasteiger partial charge in [-0.3, -0.25) is 0 Å². The molecular weight excluding hydrogens is 2340 g/mol. The van der Waals surface area contributed by atoms with Gasteiger partial charge in [0.25, 0.3) is 25.7 Å². The van der Waals surface area contributed by atoms with Crippen LogP contribution in [0.15, 0.2) is 208 Å². The minimum atomic E-state index is -2.62. The summed E-state index contributed by atoms with van der Waals surface area (Å²) >= 11 is 0. The van der Waals surface area contributed by atoms with E-state index in [0.29, 0.717) is 58.2 Å². The van der Waals surface area contributed by atoms with E-state index in [4.69, 9.17) is 0 Å². The minimum Gasteiger partial charge on any atom is -0.572 e. The topological polar surface area (TPSA) is 358 Å². The largest absolute Gasteiger partial charge is 2.00 e. The number of aromatic nitrogens is 32. The zero-order chi connectivity index (χ0) is 85.7. The van der Waals surface area contributed by atoms with Crippen molar-refractivity contribution in [2.24, 2.45) is 21.1 Å². The standard InChI is InChI=1S/C13H9F2N4.C13H11N4.C10H11F2N4.2C10H13N4.2C8H7F2N4.C8H9N4.4Pt/c14-12(15)10-8-11(18-17-10)13-16-6-7-19(13)9-4-2-1-3-5-9;1-10-9-12(16-15-10)13-14-7-8-17(13)11-5-3-2-4-6-11;1-6(2)16-4-3-13-10(16)8-5-7(9(11)12)14-15-8;2*1-7(2)14-5-4-11-10(14)9-6-8(3)12-13-9;2*1-14-3-2-11-8(14)6-4-5(7(9)10)12-13-6;1-6-5-7(11-10-6)8-9-3-4-12(8)2;;;;/h1-8,12H;2-9H,1H3;3-6,9H,1-2H3;2*4-7H,1-3H3;2*2-4,7H,1H3;3-5H,1-2H3;;;;/q8*-1;4*+2. The first-order valence-corrected chi connectivity index (χ1v) is 36.9. The predicted molar refractivity (Wildman–Crippen MR) is 426 cm³/mol. The van der Waals surface area contributed by atoms with Crippen LogP contribution in [0.4, 0.5) is 35.1 Å². The Kier molecular flexibility index (Phi) is 37.6. The van der Waals surface area contributed by atoms with Gasteiger partial charge in [0, 0.05) is 173 Å². The van der Waals surface area contributed by atoms with Gasteiger partial charge in [-0.2, -0.15) is 0 Å². The molecule has 124 heavy (non-hydrogen) atoms. The van der Waals surface area contributed by atoms with Gasteiger partial charge in [-0.25, -0.2) is 75.0 Å². The van der Waals surface area contributed by atoms with E-state index in [1.807, 2.05) is 172 Å². The van der Waals surface area contributed by atoms with Crippen LogP contribution in [-0.2, 0) is 105 Å². The monoisotopic (exact) mass is 2420 g/mol. The summed E-state index contributed by atoms with van der Waals surface area (Å²) in [6.45, 7) is 20.1. The maximum absolute atomic E-state index is 12.5. The summed E-state index contributed by atoms with van der Waals surface area (Å²) in [6.07, 6.45) is 17.8. The number of benzene rings is 2. The maximum atomic E-state index is 12.5.